The van der Waals surface area contributed by atoms with Crippen molar-refractivity contribution in [3.05, 3.63) is 41.5 Å². The van der Waals surface area contributed by atoms with Crippen molar-refractivity contribution in [2.24, 2.45) is 0 Å². The summed E-state index contributed by atoms with van der Waals surface area (Å²) in [7, 11) is 0. The molecule has 1 aromatic carbocycles. The Morgan fingerprint density at radius 3 is 2.63 bits per heavy atom. The average Bonchev–Trinajstić information content (AvgIpc) is 2.45. The van der Waals surface area contributed by atoms with Crippen LogP contribution in [0.2, 0.25) is 0 Å². The van der Waals surface area contributed by atoms with E-state index in [2.05, 4.69) is 18.3 Å². The second-order valence-electron chi connectivity index (χ2n) is 4.42. The van der Waals surface area contributed by atoms with Crippen LogP contribution in [0.15, 0.2) is 30.3 Å². The van der Waals surface area contributed by atoms with E-state index in [1.807, 2.05) is 12.1 Å². The van der Waals surface area contributed by atoms with E-state index in [0.717, 1.165) is 24.9 Å². The molecule has 3 heteroatoms. The molecule has 0 aliphatic heterocycles. The molecule has 1 amide bonds. The van der Waals surface area contributed by atoms with Crippen molar-refractivity contribution in [2.75, 3.05) is 6.54 Å². The van der Waals surface area contributed by atoms with Crippen LogP contribution in [-0.4, -0.2) is 12.5 Å². The average molecular weight is 256 g/mol. The van der Waals surface area contributed by atoms with Gasteiger partial charge < -0.3 is 5.32 Å². The number of nitrogens with one attached hydrogen (secondary N) is 1. The van der Waals surface area contributed by atoms with E-state index in [1.165, 1.54) is 18.9 Å². The molecular formula is C16H20N2O. The summed E-state index contributed by atoms with van der Waals surface area (Å²) in [6, 6.07) is 9.18. The Kier molecular flexibility index (Phi) is 7.04. The molecule has 3 nitrogen and oxygen atoms in total. The van der Waals surface area contributed by atoms with Crippen LogP contribution in [0, 0.1) is 11.3 Å². The zero-order chi connectivity index (χ0) is 13.9. The van der Waals surface area contributed by atoms with E-state index in [-0.39, 0.29) is 5.91 Å². The summed E-state index contributed by atoms with van der Waals surface area (Å²) in [6.45, 7) is 2.90. The van der Waals surface area contributed by atoms with Crippen molar-refractivity contribution >= 4 is 12.0 Å². The number of rotatable bonds is 7. The summed E-state index contributed by atoms with van der Waals surface area (Å²) in [5.41, 5.74) is 1.54. The molecule has 1 rings (SSSR count). The van der Waals surface area contributed by atoms with Gasteiger partial charge in [-0.25, -0.2) is 0 Å². The van der Waals surface area contributed by atoms with Gasteiger partial charge in [-0.2, -0.15) is 5.26 Å². The van der Waals surface area contributed by atoms with Crippen LogP contribution in [0.1, 0.15) is 43.7 Å². The lowest BCUT2D eigenvalue weighted by Crippen LogP contribution is -2.21. The fraction of sp³-hybridized carbons (Fsp3) is 0.375. The Morgan fingerprint density at radius 1 is 1.26 bits per heavy atom. The van der Waals surface area contributed by atoms with Gasteiger partial charge in [0, 0.05) is 12.6 Å². The molecule has 100 valence electrons. The minimum atomic E-state index is -0.0686. The van der Waals surface area contributed by atoms with Crippen LogP contribution >= 0.6 is 0 Å². The fourth-order valence-corrected chi connectivity index (χ4v) is 1.66. The number of unbranched alkanes of at least 4 members (excludes halogenated alkanes) is 3. The Bertz CT molecular complexity index is 455. The molecule has 0 aliphatic carbocycles. The Morgan fingerprint density at radius 2 is 2.00 bits per heavy atom. The first-order chi connectivity index (χ1) is 9.26. The SMILES string of the molecule is CCCCCCNC(=O)/C=C/c1ccc(C#N)cc1. The summed E-state index contributed by atoms with van der Waals surface area (Å²) >= 11 is 0. The lowest BCUT2D eigenvalue weighted by molar-refractivity contribution is -0.116. The highest BCUT2D eigenvalue weighted by Crippen LogP contribution is 2.05. The summed E-state index contributed by atoms with van der Waals surface area (Å²) in [6.07, 6.45) is 7.90. The summed E-state index contributed by atoms with van der Waals surface area (Å²) in [4.78, 5) is 11.5. The van der Waals surface area contributed by atoms with E-state index < -0.39 is 0 Å². The Balaban J connectivity index is 2.30. The number of hydrogen-bond donors (Lipinski definition) is 1. The van der Waals surface area contributed by atoms with Crippen molar-refractivity contribution < 1.29 is 4.79 Å². The molecule has 0 atom stereocenters. The normalized spacial score (nSPS) is 10.3. The number of nitriles is 1. The maximum Gasteiger partial charge on any atom is 0.243 e. The lowest BCUT2D eigenvalue weighted by Gasteiger charge is -2.01. The van der Waals surface area contributed by atoms with Gasteiger partial charge in [0.1, 0.15) is 0 Å². The molecule has 0 radical (unpaired) electrons. The van der Waals surface area contributed by atoms with E-state index in [9.17, 15) is 4.79 Å². The molecule has 0 heterocycles. The van der Waals surface area contributed by atoms with Crippen LogP contribution in [0.4, 0.5) is 0 Å². The van der Waals surface area contributed by atoms with Crippen LogP contribution in [0.3, 0.4) is 0 Å². The second-order valence-corrected chi connectivity index (χ2v) is 4.42. The van der Waals surface area contributed by atoms with Crippen molar-refractivity contribution in [1.82, 2.24) is 5.32 Å². The third kappa shape index (κ3) is 6.42. The highest BCUT2D eigenvalue weighted by molar-refractivity contribution is 5.91. The van der Waals surface area contributed by atoms with Gasteiger partial charge >= 0.3 is 0 Å². The van der Waals surface area contributed by atoms with Gasteiger partial charge in [-0.15, -0.1) is 0 Å². The molecule has 0 saturated heterocycles. The van der Waals surface area contributed by atoms with Gasteiger partial charge in [0.05, 0.1) is 11.6 Å². The Labute approximate surface area is 114 Å². The number of nitrogens with zero attached hydrogens (tertiary/aromatic N) is 1. The number of benzene rings is 1. The highest BCUT2D eigenvalue weighted by atomic mass is 16.1. The summed E-state index contributed by atoms with van der Waals surface area (Å²) in [5, 5.41) is 11.5. The third-order valence-electron chi connectivity index (χ3n) is 2.80. The van der Waals surface area contributed by atoms with Crippen molar-refractivity contribution in [1.29, 1.82) is 5.26 Å². The molecule has 0 fully saturated rings. The zero-order valence-electron chi connectivity index (χ0n) is 11.4. The molecule has 0 bridgehead atoms. The molecule has 19 heavy (non-hydrogen) atoms. The number of amides is 1. The van der Waals surface area contributed by atoms with E-state index in [1.54, 1.807) is 18.2 Å². The third-order valence-corrected chi connectivity index (χ3v) is 2.80. The quantitative estimate of drug-likeness (QED) is 0.601. The fourth-order valence-electron chi connectivity index (χ4n) is 1.66. The minimum absolute atomic E-state index is 0.0686. The summed E-state index contributed by atoms with van der Waals surface area (Å²) < 4.78 is 0. The number of carbonyl (C=O) groups is 1. The van der Waals surface area contributed by atoms with Crippen molar-refractivity contribution in [2.45, 2.75) is 32.6 Å². The molecule has 1 N–H and O–H groups in total. The lowest BCUT2D eigenvalue weighted by atomic mass is 10.1. The van der Waals surface area contributed by atoms with Crippen LogP contribution < -0.4 is 5.32 Å². The first-order valence-corrected chi connectivity index (χ1v) is 6.72. The predicted molar refractivity (Wildman–Crippen MR) is 77.3 cm³/mol. The predicted octanol–water partition coefficient (Wildman–Crippen LogP) is 3.27. The van der Waals surface area contributed by atoms with Gasteiger partial charge in [-0.1, -0.05) is 38.3 Å². The van der Waals surface area contributed by atoms with E-state index in [4.69, 9.17) is 5.26 Å². The van der Waals surface area contributed by atoms with Crippen LogP contribution in [0.25, 0.3) is 6.08 Å². The summed E-state index contributed by atoms with van der Waals surface area (Å²) in [5.74, 6) is -0.0686. The van der Waals surface area contributed by atoms with Gasteiger partial charge in [0.2, 0.25) is 5.91 Å². The maximum atomic E-state index is 11.5. The first-order valence-electron chi connectivity index (χ1n) is 6.72. The largest absolute Gasteiger partial charge is 0.353 e. The van der Waals surface area contributed by atoms with Crippen molar-refractivity contribution in [3.8, 4) is 6.07 Å². The molecule has 0 saturated carbocycles. The Hall–Kier alpha value is -2.08. The minimum Gasteiger partial charge on any atom is -0.353 e. The maximum absolute atomic E-state index is 11.5. The van der Waals surface area contributed by atoms with Gasteiger partial charge in [-0.05, 0) is 30.2 Å². The molecule has 0 spiro atoms. The molecule has 0 unspecified atom stereocenters. The van der Waals surface area contributed by atoms with Crippen LogP contribution in [0.5, 0.6) is 0 Å². The van der Waals surface area contributed by atoms with E-state index >= 15 is 0 Å². The second kappa shape index (κ2) is 8.93. The standard InChI is InChI=1S/C16H20N2O/c1-2-3-4-5-12-18-16(19)11-10-14-6-8-15(13-17)9-7-14/h6-11H,2-5,12H2,1H3,(H,18,19)/b11-10+. The molecule has 1 aromatic rings. The van der Waals surface area contributed by atoms with Gasteiger partial charge in [-0.3, -0.25) is 4.79 Å². The number of hydrogen-bond acceptors (Lipinski definition) is 2. The van der Waals surface area contributed by atoms with Crippen molar-refractivity contribution in [3.63, 3.8) is 0 Å². The smallest absolute Gasteiger partial charge is 0.243 e. The zero-order valence-corrected chi connectivity index (χ0v) is 11.4. The number of carbonyl (C=O) groups excluding carboxylic acids is 1. The first kappa shape index (κ1) is 15.0. The van der Waals surface area contributed by atoms with Gasteiger partial charge in [0.25, 0.3) is 0 Å². The van der Waals surface area contributed by atoms with Gasteiger partial charge in [0.15, 0.2) is 0 Å². The van der Waals surface area contributed by atoms with E-state index in [0.29, 0.717) is 5.56 Å². The topological polar surface area (TPSA) is 52.9 Å². The monoisotopic (exact) mass is 256 g/mol. The highest BCUT2D eigenvalue weighted by Gasteiger charge is 1.95. The molecule has 0 aliphatic rings. The molecule has 0 aromatic heterocycles. The van der Waals surface area contributed by atoms with Crippen LogP contribution in [-0.2, 0) is 4.79 Å². The molecular weight excluding hydrogens is 236 g/mol.